The zero-order valence-corrected chi connectivity index (χ0v) is 85.6. The Balaban J connectivity index is 0.00000133. The van der Waals surface area contributed by atoms with Crippen LogP contribution in [0.15, 0.2) is 173 Å². The van der Waals surface area contributed by atoms with E-state index in [0.29, 0.717) is 46.3 Å². The van der Waals surface area contributed by atoms with Crippen LogP contribution in [0.25, 0.3) is 0 Å². The molecule has 6 aromatic carbocycles. The number of halogens is 4. The first-order chi connectivity index (χ1) is 53.1. The summed E-state index contributed by atoms with van der Waals surface area (Å²) in [5.41, 5.74) is 17.2. The average Bonchev–Trinajstić information content (AvgIpc) is 0.778. The minimum atomic E-state index is -1.72. The second-order valence-electron chi connectivity index (χ2n) is 36.0. The lowest BCUT2D eigenvalue weighted by atomic mass is 9.76. The van der Waals surface area contributed by atoms with Crippen molar-refractivity contribution in [3.8, 4) is 0 Å². The Morgan fingerprint density at radius 3 is 1.14 bits per heavy atom. The van der Waals surface area contributed by atoms with E-state index in [4.69, 9.17) is 35.9 Å². The maximum atomic E-state index is 11.2. The molecule has 0 amide bonds. The summed E-state index contributed by atoms with van der Waals surface area (Å²) in [6, 6.07) is 42.9. The Kier molecular flexibility index (Phi) is 50.6. The number of thioether (sulfide) groups is 5. The number of hydrogen-bond acceptors (Lipinski definition) is 17. The highest BCUT2D eigenvalue weighted by Gasteiger charge is 2.41. The number of anilines is 1. The van der Waals surface area contributed by atoms with E-state index in [0.717, 1.165) is 55.4 Å². The molecule has 648 valence electrons. The van der Waals surface area contributed by atoms with Crippen molar-refractivity contribution in [1.29, 1.82) is 0 Å². The second kappa shape index (κ2) is 52.2. The van der Waals surface area contributed by atoms with Crippen LogP contribution in [0.4, 0.5) is 11.4 Å². The van der Waals surface area contributed by atoms with Crippen molar-refractivity contribution < 1.29 is 33.9 Å². The normalized spacial score (nSPS) is 14.9. The fourth-order valence-corrected chi connectivity index (χ4v) is 22.4. The van der Waals surface area contributed by atoms with Gasteiger partial charge in [-0.15, -0.1) is 83.8 Å². The van der Waals surface area contributed by atoms with E-state index in [1.54, 1.807) is 71.1 Å². The Labute approximate surface area is 762 Å². The van der Waals surface area contributed by atoms with Crippen molar-refractivity contribution in [1.82, 2.24) is 4.90 Å². The zero-order chi connectivity index (χ0) is 89.3. The molecule has 0 radical (unpaired) electrons. The molecule has 3 N–H and O–H groups in total. The van der Waals surface area contributed by atoms with Gasteiger partial charge in [0, 0.05) is 90.9 Å². The molecule has 0 bridgehead atoms. The molecule has 0 atom stereocenters. The number of carbonyl (C=O) groups excluding carboxylic acids is 6. The number of thiol groups is 1. The smallest absolute Gasteiger partial charge is 0.399 e. The Bertz CT molecular complexity index is 4210. The molecule has 0 saturated heterocycles. The predicted octanol–water partition coefficient (Wildman–Crippen LogP) is 27.8. The third-order valence-corrected chi connectivity index (χ3v) is 24.5. The van der Waals surface area contributed by atoms with Gasteiger partial charge in [-0.05, 0) is 281 Å². The summed E-state index contributed by atoms with van der Waals surface area (Å²) >= 11 is 16.4. The van der Waals surface area contributed by atoms with Gasteiger partial charge in [-0.3, -0.25) is 28.8 Å². The minimum Gasteiger partial charge on any atom is -0.399 e. The van der Waals surface area contributed by atoms with Crippen molar-refractivity contribution >= 4 is 189 Å². The third kappa shape index (κ3) is 49.5. The van der Waals surface area contributed by atoms with E-state index in [2.05, 4.69) is 226 Å². The number of allylic oxidation sites excluding steroid dienone is 2. The third-order valence-electron chi connectivity index (χ3n) is 17.9. The number of isothiocyanates is 1. The summed E-state index contributed by atoms with van der Waals surface area (Å²) in [6.45, 7) is 63.4. The maximum Gasteiger partial charge on any atom is 0.643 e. The number of aliphatic imine (C=N–C) groups is 1. The van der Waals surface area contributed by atoms with Gasteiger partial charge in [0.25, 0.3) is 0 Å². The first kappa shape index (κ1) is 113. The van der Waals surface area contributed by atoms with Gasteiger partial charge in [-0.2, -0.15) is 4.99 Å². The van der Waals surface area contributed by atoms with E-state index >= 15 is 0 Å². The number of thiocarbonyl (C=S) groups is 1. The highest BCUT2D eigenvalue weighted by atomic mass is 35.8. The van der Waals surface area contributed by atoms with Crippen LogP contribution in [0, 0.1) is 0 Å². The molecule has 0 aliphatic carbocycles. The monoisotopic (exact) mass is 1820 g/mol. The van der Waals surface area contributed by atoms with E-state index < -0.39 is 17.0 Å². The van der Waals surface area contributed by atoms with Crippen LogP contribution in [0.3, 0.4) is 0 Å². The summed E-state index contributed by atoms with van der Waals surface area (Å²) in [4.78, 5) is 79.1. The molecule has 22 heteroatoms. The highest BCUT2D eigenvalue weighted by molar-refractivity contribution is 8.01. The molecule has 9 rings (SSSR count). The van der Waals surface area contributed by atoms with Crippen molar-refractivity contribution in [3.63, 3.8) is 0 Å². The fourth-order valence-electron chi connectivity index (χ4n) is 14.8. The standard InChI is InChI=1S/C16H24O2S.C16H22OS.C15H20O2S.C14H17NS2.C13H19NS.C9H10OS.C6H15N.C6H10O.Al.4ClH/c1-12(17)10-13-6-8-14(9-7-13)19-16(4,5)11-15(2,3)18;1-11(17)8-12-6-7-14-13(9-12)15(2,3)10-16(4,5)18-14;1-11(16)9-13-5-7-14(8-6-13)18-15(3,4)10-12(2)17;1-13(2)8-14(3,4)17-12-6-5-10(15-9-16)7-11(12)13;1-12(2)8-13(3,4)15-11-6-5-9(14)7-10(11)12;1-7(10)6-8-2-4-9(11)5-3-8;1-4-7(5-2)6-3;1-5(2)4-6(3)7;;;;;/h6-9,18H,10-11H2,1-5H3;6-7,9H,8,10H2,1-5H3;5-8H,9-10H2,1-4H3;5-7H,8H2,1-4H3;5-7H,8,14H2,1-4H3;2-5,11H,6H2,1H3;4-6H2,1-3H3;4H,1-3H3;;4*1H/q;;;;;;;;+3;;;;/p-3. The number of Topliss-reactive ketones (excluding diaryl/α,β-unsaturated/α-hetero) is 5. The van der Waals surface area contributed by atoms with E-state index in [1.807, 2.05) is 136 Å². The van der Waals surface area contributed by atoms with Crippen molar-refractivity contribution in [2.24, 2.45) is 4.99 Å². The molecular weight excluding hydrogens is 1690 g/mol. The average molecular weight is 1830 g/mol. The first-order valence-corrected chi connectivity index (χ1v) is 49.9. The van der Waals surface area contributed by atoms with E-state index in [1.165, 1.54) is 75.2 Å². The van der Waals surface area contributed by atoms with Gasteiger partial charge in [0.2, 0.25) is 0 Å². The van der Waals surface area contributed by atoms with E-state index in [9.17, 15) is 33.9 Å². The quantitative estimate of drug-likeness (QED) is 0.0118. The molecule has 3 aliphatic heterocycles. The number of fused-ring (bicyclic) bond motifs is 3. The number of aliphatic hydroxyl groups is 1. The summed E-state index contributed by atoms with van der Waals surface area (Å²) < 4.78 is 0.797. The van der Waals surface area contributed by atoms with Gasteiger partial charge in [-0.25, -0.2) is 30.1 Å². The zero-order valence-electron chi connectivity index (χ0n) is 75.6. The van der Waals surface area contributed by atoms with Crippen LogP contribution in [0.5, 0.6) is 0 Å². The number of nitrogen functional groups attached to an aromatic ring is 1. The SMILES string of the molecule is CC(=O)C=C(C)C.CC(=O)Cc1ccc(S)cc1.CC(=O)Cc1ccc(SC(C)(C)CC(C)(C)O)cc1.CC(=O)Cc1ccc(SC(C)(C)CC(C)=O)cc1.CC(=O)Cc1ccc2c(c1)C(C)(C)CC(C)(C)S2.CC1(C)CC(C)(C)c2cc(N)ccc2S1.CC1(C)CC(C)(C)c2cc(N=C=S)ccc2S1.CCN(CC)CC.Cl.[Cl][Al]([Cl])[Cl]. The Morgan fingerprint density at radius 2 is 0.829 bits per heavy atom. The lowest BCUT2D eigenvalue weighted by Gasteiger charge is -2.41. The summed E-state index contributed by atoms with van der Waals surface area (Å²) in [5, 5.41) is 12.4. The van der Waals surface area contributed by atoms with Crippen molar-refractivity contribution in [3.05, 3.63) is 178 Å². The molecule has 3 aliphatic rings. The van der Waals surface area contributed by atoms with Crippen LogP contribution in [-0.4, -0.2) is 110 Å². The highest BCUT2D eigenvalue weighted by Crippen LogP contribution is 2.54. The maximum absolute atomic E-state index is 11.2. The number of ketones is 6. The molecule has 3 heterocycles. The summed E-state index contributed by atoms with van der Waals surface area (Å²) in [5.74, 6) is 1.12. The Hall–Kier alpha value is -3.61. The van der Waals surface area contributed by atoms with Gasteiger partial charge in [0.15, 0.2) is 5.78 Å². The number of carbonyl (C=O) groups is 6. The summed E-state index contributed by atoms with van der Waals surface area (Å²) in [6.07, 6.45) is 8.49. The molecule has 0 fully saturated rings. The molecule has 117 heavy (non-hydrogen) atoms. The molecular formula is C95H138AlCl4N3O7S7. The van der Waals surface area contributed by atoms with Crippen LogP contribution in [-0.2, 0) is 70.7 Å². The number of hydrogen-bond donors (Lipinski definition) is 3. The molecule has 0 unspecified atom stereocenters. The number of rotatable bonds is 21. The van der Waals surface area contributed by atoms with Crippen LogP contribution in [0.2, 0.25) is 0 Å². The largest absolute Gasteiger partial charge is 0.643 e. The number of benzene rings is 6. The molecule has 0 saturated carbocycles. The lowest BCUT2D eigenvalue weighted by Crippen LogP contribution is -2.33. The van der Waals surface area contributed by atoms with Gasteiger partial charge >= 0.3 is 11.4 Å². The minimum absolute atomic E-state index is 0. The van der Waals surface area contributed by atoms with Gasteiger partial charge in [-0.1, -0.05) is 172 Å². The van der Waals surface area contributed by atoms with Crippen molar-refractivity contribution in [2.75, 3.05) is 25.4 Å². The molecule has 6 aromatic rings. The summed E-state index contributed by atoms with van der Waals surface area (Å²) in [7, 11) is 14.8. The first-order valence-electron chi connectivity index (χ1n) is 39.7. The topological polar surface area (TPSA) is 164 Å². The van der Waals surface area contributed by atoms with Crippen LogP contribution in [0.1, 0.15) is 272 Å². The van der Waals surface area contributed by atoms with Crippen molar-refractivity contribution in [2.45, 2.75) is 334 Å². The fraction of sp³-hybridized carbons (Fsp3) is 0.526. The lowest BCUT2D eigenvalue weighted by molar-refractivity contribution is -0.118. The van der Waals surface area contributed by atoms with Crippen LogP contribution < -0.4 is 5.73 Å². The van der Waals surface area contributed by atoms with E-state index in [-0.39, 0.29) is 72.8 Å². The van der Waals surface area contributed by atoms with Crippen LogP contribution >= 0.6 is 126 Å². The second-order valence-corrected chi connectivity index (χ2v) is 51.9. The van der Waals surface area contributed by atoms with Gasteiger partial charge in [0.1, 0.15) is 28.9 Å². The van der Waals surface area contributed by atoms with Gasteiger partial charge < -0.3 is 15.7 Å². The number of nitrogens with zero attached hydrogens (tertiary/aromatic N) is 2. The van der Waals surface area contributed by atoms with Gasteiger partial charge in [0.05, 0.1) is 16.4 Å². The Morgan fingerprint density at radius 1 is 0.513 bits per heavy atom. The number of nitrogens with two attached hydrogens (primary N) is 1. The predicted molar refractivity (Wildman–Crippen MR) is 525 cm³/mol. The molecule has 0 spiro atoms. The molecule has 0 aromatic heterocycles. The molecule has 10 nitrogen and oxygen atoms in total.